The van der Waals surface area contributed by atoms with E-state index in [9.17, 15) is 26.4 Å². The molecule has 0 aliphatic carbocycles. The number of nitrogens with zero attached hydrogens (tertiary/aromatic N) is 2. The summed E-state index contributed by atoms with van der Waals surface area (Å²) in [5.74, 6) is -0.538. The molecule has 150 valence electrons. The minimum atomic E-state index is -4.47. The van der Waals surface area contributed by atoms with Gasteiger partial charge in [0.2, 0.25) is 10.0 Å². The summed E-state index contributed by atoms with van der Waals surface area (Å²) in [5, 5.41) is 0. The smallest absolute Gasteiger partial charge is 0.416 e. The summed E-state index contributed by atoms with van der Waals surface area (Å²) < 4.78 is 69.8. The van der Waals surface area contributed by atoms with Crippen LogP contribution in [0, 0.1) is 0 Å². The predicted molar refractivity (Wildman–Crippen MR) is 94.8 cm³/mol. The molecule has 0 radical (unpaired) electrons. The zero-order valence-electron chi connectivity index (χ0n) is 14.8. The highest BCUT2D eigenvalue weighted by Crippen LogP contribution is 2.34. The molecule has 0 bridgehead atoms. The maximum atomic E-state index is 12.9. The van der Waals surface area contributed by atoms with Gasteiger partial charge in [0.05, 0.1) is 25.0 Å². The standard InChI is InChI=1S/C18H17F3N2O4S/c1-27-17(24)11-22-12-23(28(25,26)16-5-3-2-4-15(16)22)10-13-6-8-14(9-7-13)18(19,20)21/h2-9H,10-12H2,1H3. The number of benzene rings is 2. The molecule has 0 spiro atoms. The maximum absolute atomic E-state index is 12.9. The largest absolute Gasteiger partial charge is 0.468 e. The Hall–Kier alpha value is -2.59. The van der Waals surface area contributed by atoms with Crippen molar-refractivity contribution in [3.8, 4) is 0 Å². The van der Waals surface area contributed by atoms with Crippen LogP contribution in [0.15, 0.2) is 53.4 Å². The zero-order chi connectivity index (χ0) is 20.5. The molecule has 28 heavy (non-hydrogen) atoms. The van der Waals surface area contributed by atoms with Crippen LogP contribution < -0.4 is 4.90 Å². The Kier molecular flexibility index (Phi) is 5.35. The number of halogens is 3. The lowest BCUT2D eigenvalue weighted by Crippen LogP contribution is -2.47. The van der Waals surface area contributed by atoms with Crippen LogP contribution in [0.5, 0.6) is 0 Å². The number of carbonyl (C=O) groups is 1. The fourth-order valence-electron chi connectivity index (χ4n) is 2.91. The Bertz CT molecular complexity index is 975. The Morgan fingerprint density at radius 1 is 1.11 bits per heavy atom. The van der Waals surface area contributed by atoms with Crippen molar-refractivity contribution in [3.05, 3.63) is 59.7 Å². The number of para-hydroxylation sites is 1. The topological polar surface area (TPSA) is 66.9 Å². The first-order valence-electron chi connectivity index (χ1n) is 8.20. The summed E-state index contributed by atoms with van der Waals surface area (Å²) in [6.45, 7) is -0.422. The second-order valence-corrected chi connectivity index (χ2v) is 8.10. The number of rotatable bonds is 4. The van der Waals surface area contributed by atoms with Crippen LogP contribution >= 0.6 is 0 Å². The van der Waals surface area contributed by atoms with E-state index in [1.807, 2.05) is 0 Å². The van der Waals surface area contributed by atoms with Gasteiger partial charge in [-0.25, -0.2) is 8.42 Å². The molecule has 1 heterocycles. The van der Waals surface area contributed by atoms with E-state index >= 15 is 0 Å². The van der Waals surface area contributed by atoms with Crippen molar-refractivity contribution in [3.63, 3.8) is 0 Å². The van der Waals surface area contributed by atoms with E-state index in [1.165, 1.54) is 25.3 Å². The molecule has 0 atom stereocenters. The van der Waals surface area contributed by atoms with Gasteiger partial charge in [0.1, 0.15) is 11.4 Å². The molecule has 0 saturated carbocycles. The van der Waals surface area contributed by atoms with E-state index < -0.39 is 27.7 Å². The third kappa shape index (κ3) is 3.97. The molecule has 10 heteroatoms. The lowest BCUT2D eigenvalue weighted by Gasteiger charge is -2.37. The summed E-state index contributed by atoms with van der Waals surface area (Å²) in [6.07, 6.45) is -4.47. The fraction of sp³-hybridized carbons (Fsp3) is 0.278. The van der Waals surface area contributed by atoms with E-state index in [0.717, 1.165) is 16.4 Å². The van der Waals surface area contributed by atoms with Crippen molar-refractivity contribution < 1.29 is 31.1 Å². The van der Waals surface area contributed by atoms with Crippen LogP contribution in [0.2, 0.25) is 0 Å². The minimum Gasteiger partial charge on any atom is -0.468 e. The summed E-state index contributed by atoms with van der Waals surface area (Å²) >= 11 is 0. The van der Waals surface area contributed by atoms with Gasteiger partial charge in [0, 0.05) is 6.54 Å². The molecule has 1 aliphatic heterocycles. The van der Waals surface area contributed by atoms with E-state index in [4.69, 9.17) is 0 Å². The number of ether oxygens (including phenoxy) is 1. The van der Waals surface area contributed by atoms with E-state index in [-0.39, 0.29) is 24.7 Å². The maximum Gasteiger partial charge on any atom is 0.416 e. The average molecular weight is 414 g/mol. The van der Waals surface area contributed by atoms with Crippen LogP contribution in [0.25, 0.3) is 0 Å². The summed E-state index contributed by atoms with van der Waals surface area (Å²) in [7, 11) is -2.65. The molecule has 6 nitrogen and oxygen atoms in total. The number of alkyl halides is 3. The van der Waals surface area contributed by atoms with Gasteiger partial charge in [0.15, 0.2) is 0 Å². The van der Waals surface area contributed by atoms with Gasteiger partial charge in [-0.1, -0.05) is 24.3 Å². The monoisotopic (exact) mass is 414 g/mol. The van der Waals surface area contributed by atoms with Gasteiger partial charge in [-0.3, -0.25) is 4.79 Å². The molecule has 0 unspecified atom stereocenters. The number of anilines is 1. The van der Waals surface area contributed by atoms with Crippen LogP contribution in [0.1, 0.15) is 11.1 Å². The van der Waals surface area contributed by atoms with Crippen molar-refractivity contribution in [1.29, 1.82) is 0 Å². The Morgan fingerprint density at radius 2 is 1.75 bits per heavy atom. The van der Waals surface area contributed by atoms with Crippen molar-refractivity contribution in [1.82, 2.24) is 4.31 Å². The van der Waals surface area contributed by atoms with Gasteiger partial charge >= 0.3 is 12.1 Å². The molecule has 2 aromatic rings. The van der Waals surface area contributed by atoms with Gasteiger partial charge in [-0.2, -0.15) is 17.5 Å². The van der Waals surface area contributed by atoms with E-state index in [0.29, 0.717) is 11.3 Å². The number of sulfonamides is 1. The molecule has 0 amide bonds. The molecular formula is C18H17F3N2O4S. The highest BCUT2D eigenvalue weighted by atomic mass is 32.2. The van der Waals surface area contributed by atoms with Gasteiger partial charge in [0.25, 0.3) is 0 Å². The van der Waals surface area contributed by atoms with Crippen LogP contribution in [0.3, 0.4) is 0 Å². The molecule has 2 aromatic carbocycles. The second kappa shape index (κ2) is 7.44. The van der Waals surface area contributed by atoms with Crippen molar-refractivity contribution >= 4 is 21.7 Å². The number of fused-ring (bicyclic) bond motifs is 1. The molecule has 0 saturated heterocycles. The number of hydrogen-bond acceptors (Lipinski definition) is 5. The third-order valence-electron chi connectivity index (χ3n) is 4.34. The van der Waals surface area contributed by atoms with Crippen LogP contribution in [-0.4, -0.2) is 39.0 Å². The molecule has 3 rings (SSSR count). The first kappa shape index (κ1) is 20.2. The summed E-state index contributed by atoms with van der Waals surface area (Å²) in [5.41, 5.74) is -0.0408. The van der Waals surface area contributed by atoms with Crippen molar-refractivity contribution in [2.45, 2.75) is 17.6 Å². The number of carbonyl (C=O) groups excluding carboxylic acids is 1. The Labute approximate surface area is 160 Å². The van der Waals surface area contributed by atoms with Crippen molar-refractivity contribution in [2.75, 3.05) is 25.2 Å². The minimum absolute atomic E-state index is 0.0251. The predicted octanol–water partition coefficient (Wildman–Crippen LogP) is 2.85. The normalized spacial score (nSPS) is 16.5. The molecule has 1 aliphatic rings. The first-order valence-corrected chi connectivity index (χ1v) is 9.64. The SMILES string of the molecule is COC(=O)CN1CN(Cc2ccc(C(F)(F)F)cc2)S(=O)(=O)c2ccccc21. The lowest BCUT2D eigenvalue weighted by molar-refractivity contribution is -0.139. The third-order valence-corrected chi connectivity index (χ3v) is 6.17. The van der Waals surface area contributed by atoms with Crippen molar-refractivity contribution in [2.24, 2.45) is 0 Å². The zero-order valence-corrected chi connectivity index (χ0v) is 15.6. The lowest BCUT2D eigenvalue weighted by atomic mass is 10.1. The Balaban J connectivity index is 1.92. The molecule has 0 fully saturated rings. The molecule has 0 N–H and O–H groups in total. The number of methoxy groups -OCH3 is 1. The highest BCUT2D eigenvalue weighted by molar-refractivity contribution is 7.89. The van der Waals surface area contributed by atoms with Gasteiger partial charge in [-0.15, -0.1) is 0 Å². The summed E-state index contributed by atoms with van der Waals surface area (Å²) in [4.78, 5) is 13.3. The summed E-state index contributed by atoms with van der Waals surface area (Å²) in [6, 6.07) is 10.5. The highest BCUT2D eigenvalue weighted by Gasteiger charge is 2.36. The van der Waals surface area contributed by atoms with Gasteiger partial charge in [-0.05, 0) is 29.8 Å². The number of hydrogen-bond donors (Lipinski definition) is 0. The molecule has 0 aromatic heterocycles. The molecular weight excluding hydrogens is 397 g/mol. The number of esters is 1. The van der Waals surface area contributed by atoms with E-state index in [2.05, 4.69) is 4.74 Å². The average Bonchev–Trinajstić information content (AvgIpc) is 2.65. The van der Waals surface area contributed by atoms with Crippen LogP contribution in [0.4, 0.5) is 18.9 Å². The second-order valence-electron chi connectivity index (χ2n) is 6.19. The Morgan fingerprint density at radius 3 is 2.36 bits per heavy atom. The van der Waals surface area contributed by atoms with E-state index in [1.54, 1.807) is 23.1 Å². The first-order chi connectivity index (χ1) is 13.1. The van der Waals surface area contributed by atoms with Crippen LogP contribution in [-0.2, 0) is 32.3 Å². The quantitative estimate of drug-likeness (QED) is 0.720. The van der Waals surface area contributed by atoms with Gasteiger partial charge < -0.3 is 9.64 Å². The fourth-order valence-corrected chi connectivity index (χ4v) is 4.51.